The summed E-state index contributed by atoms with van der Waals surface area (Å²) in [7, 11) is 0. The highest BCUT2D eigenvalue weighted by atomic mass is 79.9. The van der Waals surface area contributed by atoms with Crippen molar-refractivity contribution < 1.29 is 9.53 Å². The fraction of sp³-hybridized carbons (Fsp3) is 0.214. The van der Waals surface area contributed by atoms with Crippen molar-refractivity contribution >= 4 is 27.7 Å². The average Bonchev–Trinajstić information content (AvgIpc) is 2.47. The second kappa shape index (κ2) is 7.03. The van der Waals surface area contributed by atoms with Crippen molar-refractivity contribution in [2.45, 2.75) is 6.42 Å². The molecule has 0 fully saturated rings. The Hall–Kier alpha value is -2.15. The van der Waals surface area contributed by atoms with Crippen LogP contribution in [0, 0.1) is 0 Å². The lowest BCUT2D eigenvalue weighted by molar-refractivity contribution is 0.0996. The summed E-state index contributed by atoms with van der Waals surface area (Å²) in [5.74, 6) is 0.141. The van der Waals surface area contributed by atoms with Crippen molar-refractivity contribution in [1.82, 2.24) is 9.97 Å². The molecule has 1 aromatic carbocycles. The second-order valence-electron chi connectivity index (χ2n) is 4.32. The maximum atomic E-state index is 11.2. The van der Waals surface area contributed by atoms with Gasteiger partial charge in [0.25, 0.3) is 5.91 Å². The number of aromatic nitrogens is 2. The summed E-state index contributed by atoms with van der Waals surface area (Å²) in [6.45, 7) is 0.594. The number of carbonyl (C=O) groups is 1. The number of benzene rings is 1. The molecule has 0 radical (unpaired) electrons. The standard InChI is InChI=1S/C14H15BrN4O2/c15-4-5-21-11-3-1-2-9(7-11)6-10-8-18-13(16)12(19-10)14(17)20/h1-3,7-8H,4-6H2,(H2,16,18)(H2,17,20). The zero-order chi connectivity index (χ0) is 15.2. The van der Waals surface area contributed by atoms with Gasteiger partial charge in [-0.15, -0.1) is 0 Å². The normalized spacial score (nSPS) is 10.3. The van der Waals surface area contributed by atoms with E-state index in [4.69, 9.17) is 16.2 Å². The molecule has 0 aliphatic heterocycles. The predicted molar refractivity (Wildman–Crippen MR) is 83.5 cm³/mol. The zero-order valence-corrected chi connectivity index (χ0v) is 12.8. The Morgan fingerprint density at radius 2 is 2.19 bits per heavy atom. The van der Waals surface area contributed by atoms with E-state index in [1.165, 1.54) is 6.20 Å². The van der Waals surface area contributed by atoms with E-state index in [1.807, 2.05) is 24.3 Å². The van der Waals surface area contributed by atoms with Gasteiger partial charge in [-0.3, -0.25) is 4.79 Å². The van der Waals surface area contributed by atoms with Gasteiger partial charge < -0.3 is 16.2 Å². The molecule has 7 heteroatoms. The molecule has 2 rings (SSSR count). The smallest absolute Gasteiger partial charge is 0.271 e. The topological polar surface area (TPSA) is 104 Å². The summed E-state index contributed by atoms with van der Waals surface area (Å²) >= 11 is 3.31. The molecule has 21 heavy (non-hydrogen) atoms. The maximum absolute atomic E-state index is 11.2. The van der Waals surface area contributed by atoms with Gasteiger partial charge in [0.2, 0.25) is 0 Å². The molecule has 1 aromatic heterocycles. The van der Waals surface area contributed by atoms with Crippen molar-refractivity contribution in [3.05, 3.63) is 47.4 Å². The molecular formula is C14H15BrN4O2. The number of nitrogens with two attached hydrogens (primary N) is 2. The first-order chi connectivity index (χ1) is 10.1. The summed E-state index contributed by atoms with van der Waals surface area (Å²) in [6, 6.07) is 7.65. The van der Waals surface area contributed by atoms with Crippen LogP contribution in [-0.4, -0.2) is 27.8 Å². The van der Waals surface area contributed by atoms with Crippen LogP contribution in [0.1, 0.15) is 21.7 Å². The minimum atomic E-state index is -0.684. The zero-order valence-electron chi connectivity index (χ0n) is 11.3. The van der Waals surface area contributed by atoms with E-state index in [0.717, 1.165) is 16.6 Å². The number of carbonyl (C=O) groups excluding carboxylic acids is 1. The quantitative estimate of drug-likeness (QED) is 0.768. The van der Waals surface area contributed by atoms with Gasteiger partial charge in [0.05, 0.1) is 18.5 Å². The lowest BCUT2D eigenvalue weighted by Crippen LogP contribution is -2.17. The number of anilines is 1. The van der Waals surface area contributed by atoms with Crippen molar-refractivity contribution in [2.24, 2.45) is 5.73 Å². The molecule has 1 amide bonds. The third-order valence-corrected chi connectivity index (χ3v) is 3.04. The lowest BCUT2D eigenvalue weighted by atomic mass is 10.1. The largest absolute Gasteiger partial charge is 0.493 e. The number of rotatable bonds is 6. The van der Waals surface area contributed by atoms with Crippen LogP contribution in [-0.2, 0) is 6.42 Å². The Labute approximate surface area is 130 Å². The highest BCUT2D eigenvalue weighted by Crippen LogP contribution is 2.16. The van der Waals surface area contributed by atoms with Crippen LogP contribution in [0.15, 0.2) is 30.5 Å². The van der Waals surface area contributed by atoms with Gasteiger partial charge in [0.1, 0.15) is 5.75 Å². The Morgan fingerprint density at radius 3 is 2.90 bits per heavy atom. The number of alkyl halides is 1. The summed E-state index contributed by atoms with van der Waals surface area (Å²) in [5.41, 5.74) is 12.4. The molecule has 110 valence electrons. The molecule has 1 heterocycles. The number of nitrogens with zero attached hydrogens (tertiary/aromatic N) is 2. The fourth-order valence-corrected chi connectivity index (χ4v) is 1.97. The van der Waals surface area contributed by atoms with Gasteiger partial charge in [0, 0.05) is 11.8 Å². The minimum Gasteiger partial charge on any atom is -0.493 e. The van der Waals surface area contributed by atoms with E-state index in [9.17, 15) is 4.79 Å². The number of hydrogen-bond acceptors (Lipinski definition) is 5. The third-order valence-electron chi connectivity index (χ3n) is 2.71. The highest BCUT2D eigenvalue weighted by molar-refractivity contribution is 9.09. The number of nitrogen functional groups attached to an aromatic ring is 1. The molecule has 0 aliphatic rings. The first-order valence-electron chi connectivity index (χ1n) is 6.29. The Kier molecular flexibility index (Phi) is 5.10. The highest BCUT2D eigenvalue weighted by Gasteiger charge is 2.10. The lowest BCUT2D eigenvalue weighted by Gasteiger charge is -2.07. The third kappa shape index (κ3) is 4.16. The molecule has 6 nitrogen and oxygen atoms in total. The summed E-state index contributed by atoms with van der Waals surface area (Å²) in [6.07, 6.45) is 2.05. The van der Waals surface area contributed by atoms with E-state index in [1.54, 1.807) is 0 Å². The number of amides is 1. The van der Waals surface area contributed by atoms with Crippen LogP contribution >= 0.6 is 15.9 Å². The predicted octanol–water partition coefficient (Wildman–Crippen LogP) is 1.52. The van der Waals surface area contributed by atoms with Gasteiger partial charge in [-0.25, -0.2) is 9.97 Å². The van der Waals surface area contributed by atoms with E-state index in [2.05, 4.69) is 25.9 Å². The monoisotopic (exact) mass is 350 g/mol. The Bertz CT molecular complexity index is 649. The van der Waals surface area contributed by atoms with E-state index in [0.29, 0.717) is 18.7 Å². The second-order valence-corrected chi connectivity index (χ2v) is 5.11. The van der Waals surface area contributed by atoms with Crippen LogP contribution in [0.2, 0.25) is 0 Å². The first kappa shape index (κ1) is 15.2. The van der Waals surface area contributed by atoms with Gasteiger partial charge in [0.15, 0.2) is 11.5 Å². The average molecular weight is 351 g/mol. The minimum absolute atomic E-state index is 0.000747. The van der Waals surface area contributed by atoms with Crippen molar-refractivity contribution in [3.8, 4) is 5.75 Å². The van der Waals surface area contributed by atoms with E-state index < -0.39 is 5.91 Å². The van der Waals surface area contributed by atoms with Gasteiger partial charge in [-0.05, 0) is 17.7 Å². The summed E-state index contributed by atoms with van der Waals surface area (Å²) < 4.78 is 5.54. The molecule has 0 saturated carbocycles. The van der Waals surface area contributed by atoms with Crippen molar-refractivity contribution in [3.63, 3.8) is 0 Å². The first-order valence-corrected chi connectivity index (χ1v) is 7.41. The number of primary amides is 1. The van der Waals surface area contributed by atoms with E-state index >= 15 is 0 Å². The molecule has 0 unspecified atom stereocenters. The molecule has 0 spiro atoms. The van der Waals surface area contributed by atoms with Crippen LogP contribution in [0.5, 0.6) is 5.75 Å². The van der Waals surface area contributed by atoms with Gasteiger partial charge >= 0.3 is 0 Å². The molecule has 2 aromatic rings. The fourth-order valence-electron chi connectivity index (χ4n) is 1.81. The van der Waals surface area contributed by atoms with Gasteiger partial charge in [-0.2, -0.15) is 0 Å². The molecular weight excluding hydrogens is 336 g/mol. The maximum Gasteiger partial charge on any atom is 0.271 e. The molecule has 0 atom stereocenters. The molecule has 0 saturated heterocycles. The molecule has 0 aliphatic carbocycles. The van der Waals surface area contributed by atoms with Crippen molar-refractivity contribution in [1.29, 1.82) is 0 Å². The Morgan fingerprint density at radius 1 is 1.38 bits per heavy atom. The summed E-state index contributed by atoms with van der Waals surface area (Å²) in [4.78, 5) is 19.3. The van der Waals surface area contributed by atoms with Crippen LogP contribution in [0.3, 0.4) is 0 Å². The van der Waals surface area contributed by atoms with Crippen LogP contribution in [0.4, 0.5) is 5.82 Å². The Balaban J connectivity index is 2.18. The van der Waals surface area contributed by atoms with Crippen molar-refractivity contribution in [2.75, 3.05) is 17.7 Å². The number of halogens is 1. The molecule has 4 N–H and O–H groups in total. The molecule has 0 bridgehead atoms. The van der Waals surface area contributed by atoms with E-state index in [-0.39, 0.29) is 11.5 Å². The number of hydrogen-bond donors (Lipinski definition) is 2. The number of ether oxygens (including phenoxy) is 1. The van der Waals surface area contributed by atoms with Crippen LogP contribution in [0.25, 0.3) is 0 Å². The van der Waals surface area contributed by atoms with Gasteiger partial charge in [-0.1, -0.05) is 28.1 Å². The van der Waals surface area contributed by atoms with Crippen LogP contribution < -0.4 is 16.2 Å². The summed E-state index contributed by atoms with van der Waals surface area (Å²) in [5, 5.41) is 0.767. The SMILES string of the molecule is NC(=O)c1nc(Cc2cccc(OCCBr)c2)cnc1N.